The number of rotatable bonds is 4. The fourth-order valence-electron chi connectivity index (χ4n) is 2.79. The molecule has 0 saturated heterocycles. The summed E-state index contributed by atoms with van der Waals surface area (Å²) in [5, 5.41) is 3.01. The van der Waals surface area contributed by atoms with Gasteiger partial charge in [0.15, 0.2) is 0 Å². The molecule has 0 spiro atoms. The number of hydrogen-bond donors (Lipinski definition) is 1. The van der Waals surface area contributed by atoms with Crippen molar-refractivity contribution in [2.75, 3.05) is 7.05 Å². The highest BCUT2D eigenvalue weighted by molar-refractivity contribution is 5.65. The SMILES string of the molecule is CNCc1cc(-c2cccc(C3CCC3)c2)ccc1F. The maximum Gasteiger partial charge on any atom is 0.127 e. The first-order valence-electron chi connectivity index (χ1n) is 7.31. The van der Waals surface area contributed by atoms with Gasteiger partial charge in [0, 0.05) is 12.1 Å². The van der Waals surface area contributed by atoms with E-state index >= 15 is 0 Å². The van der Waals surface area contributed by atoms with E-state index < -0.39 is 0 Å². The van der Waals surface area contributed by atoms with E-state index in [1.165, 1.54) is 30.4 Å². The lowest BCUT2D eigenvalue weighted by Crippen LogP contribution is -2.08. The minimum atomic E-state index is -0.141. The van der Waals surface area contributed by atoms with E-state index in [1.807, 2.05) is 19.2 Å². The van der Waals surface area contributed by atoms with Crippen molar-refractivity contribution in [3.63, 3.8) is 0 Å². The standard InChI is InChI=1S/C18H20FN/c1-20-12-17-11-16(8-9-18(17)19)15-7-3-6-14(10-15)13-4-2-5-13/h3,6-11,13,20H,2,4-5,12H2,1H3. The molecular weight excluding hydrogens is 249 g/mol. The van der Waals surface area contributed by atoms with Gasteiger partial charge in [-0.05, 0) is 54.6 Å². The molecule has 1 fully saturated rings. The van der Waals surface area contributed by atoms with Crippen LogP contribution in [-0.4, -0.2) is 7.05 Å². The van der Waals surface area contributed by atoms with Crippen LogP contribution in [0.5, 0.6) is 0 Å². The van der Waals surface area contributed by atoms with Crippen molar-refractivity contribution in [3.05, 3.63) is 59.4 Å². The van der Waals surface area contributed by atoms with Crippen LogP contribution >= 0.6 is 0 Å². The Morgan fingerprint density at radius 2 is 1.90 bits per heavy atom. The predicted molar refractivity (Wildman–Crippen MR) is 81.2 cm³/mol. The first kappa shape index (κ1) is 13.3. The first-order valence-corrected chi connectivity index (χ1v) is 7.31. The molecule has 0 atom stereocenters. The number of nitrogens with one attached hydrogen (secondary N) is 1. The maximum absolute atomic E-state index is 13.7. The van der Waals surface area contributed by atoms with Crippen LogP contribution < -0.4 is 5.32 Å². The molecule has 0 bridgehead atoms. The second kappa shape index (κ2) is 5.76. The van der Waals surface area contributed by atoms with Gasteiger partial charge < -0.3 is 5.32 Å². The number of hydrogen-bond acceptors (Lipinski definition) is 1. The Bertz CT molecular complexity index is 602. The van der Waals surface area contributed by atoms with Crippen molar-refractivity contribution in [3.8, 4) is 11.1 Å². The second-order valence-corrected chi connectivity index (χ2v) is 5.59. The topological polar surface area (TPSA) is 12.0 Å². The largest absolute Gasteiger partial charge is 0.316 e. The molecule has 0 amide bonds. The van der Waals surface area contributed by atoms with E-state index in [2.05, 4.69) is 29.6 Å². The molecule has 0 aromatic heterocycles. The molecule has 20 heavy (non-hydrogen) atoms. The molecule has 0 unspecified atom stereocenters. The molecule has 0 aliphatic heterocycles. The van der Waals surface area contributed by atoms with Crippen LogP contribution in [0.25, 0.3) is 11.1 Å². The van der Waals surface area contributed by atoms with Crippen molar-refractivity contribution in [2.45, 2.75) is 31.7 Å². The van der Waals surface area contributed by atoms with E-state index in [-0.39, 0.29) is 5.82 Å². The van der Waals surface area contributed by atoms with Gasteiger partial charge in [0.2, 0.25) is 0 Å². The third-order valence-corrected chi connectivity index (χ3v) is 4.21. The monoisotopic (exact) mass is 269 g/mol. The van der Waals surface area contributed by atoms with E-state index in [9.17, 15) is 4.39 Å². The highest BCUT2D eigenvalue weighted by Crippen LogP contribution is 2.37. The summed E-state index contributed by atoms with van der Waals surface area (Å²) in [6.45, 7) is 0.558. The average molecular weight is 269 g/mol. The van der Waals surface area contributed by atoms with Gasteiger partial charge in [-0.1, -0.05) is 36.8 Å². The highest BCUT2D eigenvalue weighted by Gasteiger charge is 2.19. The molecule has 104 valence electrons. The van der Waals surface area contributed by atoms with Crippen molar-refractivity contribution >= 4 is 0 Å². The zero-order chi connectivity index (χ0) is 13.9. The summed E-state index contributed by atoms with van der Waals surface area (Å²) in [5.41, 5.74) is 4.43. The molecule has 1 aliphatic rings. The lowest BCUT2D eigenvalue weighted by atomic mass is 9.79. The Morgan fingerprint density at radius 1 is 1.10 bits per heavy atom. The second-order valence-electron chi connectivity index (χ2n) is 5.59. The van der Waals surface area contributed by atoms with Gasteiger partial charge in [-0.2, -0.15) is 0 Å². The van der Waals surface area contributed by atoms with Crippen LogP contribution in [0.4, 0.5) is 4.39 Å². The Morgan fingerprint density at radius 3 is 2.60 bits per heavy atom. The maximum atomic E-state index is 13.7. The van der Waals surface area contributed by atoms with Crippen LogP contribution in [0.15, 0.2) is 42.5 Å². The molecule has 0 heterocycles. The van der Waals surface area contributed by atoms with Crippen LogP contribution in [0.3, 0.4) is 0 Å². The first-order chi connectivity index (χ1) is 9.78. The Hall–Kier alpha value is -1.67. The van der Waals surface area contributed by atoms with Gasteiger partial charge in [0.25, 0.3) is 0 Å². The summed E-state index contributed by atoms with van der Waals surface area (Å²) in [7, 11) is 1.84. The predicted octanol–water partition coefficient (Wildman–Crippen LogP) is 4.48. The average Bonchev–Trinajstić information content (AvgIpc) is 2.40. The van der Waals surface area contributed by atoms with Crippen LogP contribution in [0.1, 0.15) is 36.3 Å². The molecule has 1 nitrogen and oxygen atoms in total. The smallest absolute Gasteiger partial charge is 0.127 e. The fraction of sp³-hybridized carbons (Fsp3) is 0.333. The van der Waals surface area contributed by atoms with Crippen LogP contribution in [-0.2, 0) is 6.54 Å². The lowest BCUT2D eigenvalue weighted by molar-refractivity contribution is 0.420. The summed E-state index contributed by atoms with van der Waals surface area (Å²) in [4.78, 5) is 0. The fourth-order valence-corrected chi connectivity index (χ4v) is 2.79. The zero-order valence-electron chi connectivity index (χ0n) is 11.8. The zero-order valence-corrected chi connectivity index (χ0v) is 11.8. The van der Waals surface area contributed by atoms with Crippen LogP contribution in [0, 0.1) is 5.82 Å². The van der Waals surface area contributed by atoms with Gasteiger partial charge in [-0.3, -0.25) is 0 Å². The molecule has 3 rings (SSSR count). The Labute approximate surface area is 119 Å². The summed E-state index contributed by atoms with van der Waals surface area (Å²) in [6.07, 6.45) is 3.95. The molecular formula is C18H20FN. The van der Waals surface area contributed by atoms with E-state index in [1.54, 1.807) is 6.07 Å². The summed E-state index contributed by atoms with van der Waals surface area (Å²) >= 11 is 0. The van der Waals surface area contributed by atoms with Crippen LogP contribution in [0.2, 0.25) is 0 Å². The Balaban J connectivity index is 1.93. The third-order valence-electron chi connectivity index (χ3n) is 4.21. The van der Waals surface area contributed by atoms with Gasteiger partial charge in [0.05, 0.1) is 0 Å². The van der Waals surface area contributed by atoms with E-state index in [0.29, 0.717) is 6.54 Å². The molecule has 2 aromatic rings. The van der Waals surface area contributed by atoms with Crippen molar-refractivity contribution < 1.29 is 4.39 Å². The molecule has 1 N–H and O–H groups in total. The van der Waals surface area contributed by atoms with Gasteiger partial charge >= 0.3 is 0 Å². The summed E-state index contributed by atoms with van der Waals surface area (Å²) in [6, 6.07) is 14.1. The summed E-state index contributed by atoms with van der Waals surface area (Å²) in [5.74, 6) is 0.588. The molecule has 2 heteroatoms. The van der Waals surface area contributed by atoms with Gasteiger partial charge in [-0.15, -0.1) is 0 Å². The molecule has 0 radical (unpaired) electrons. The molecule has 2 aromatic carbocycles. The van der Waals surface area contributed by atoms with E-state index in [4.69, 9.17) is 0 Å². The van der Waals surface area contributed by atoms with Crippen molar-refractivity contribution in [2.24, 2.45) is 0 Å². The summed E-state index contributed by atoms with van der Waals surface area (Å²) < 4.78 is 13.7. The quantitative estimate of drug-likeness (QED) is 0.863. The van der Waals surface area contributed by atoms with Crippen molar-refractivity contribution in [1.82, 2.24) is 5.32 Å². The number of halogens is 1. The Kier molecular flexibility index (Phi) is 3.83. The third kappa shape index (κ3) is 2.61. The minimum absolute atomic E-state index is 0.141. The van der Waals surface area contributed by atoms with Crippen molar-refractivity contribution in [1.29, 1.82) is 0 Å². The molecule has 1 saturated carbocycles. The highest BCUT2D eigenvalue weighted by atomic mass is 19.1. The minimum Gasteiger partial charge on any atom is -0.316 e. The number of benzene rings is 2. The van der Waals surface area contributed by atoms with Gasteiger partial charge in [0.1, 0.15) is 5.82 Å². The molecule has 1 aliphatic carbocycles. The lowest BCUT2D eigenvalue weighted by Gasteiger charge is -2.26. The van der Waals surface area contributed by atoms with Gasteiger partial charge in [-0.25, -0.2) is 4.39 Å². The van der Waals surface area contributed by atoms with E-state index in [0.717, 1.165) is 17.0 Å². The normalized spacial score (nSPS) is 15.1.